The number of anilines is 1. The number of carbonyl (C=O) groups is 1. The van der Waals surface area contributed by atoms with Gasteiger partial charge in [0.05, 0.1) is 22.3 Å². The van der Waals surface area contributed by atoms with Gasteiger partial charge in [0.25, 0.3) is 0 Å². The third-order valence-electron chi connectivity index (χ3n) is 5.07. The van der Waals surface area contributed by atoms with E-state index in [9.17, 15) is 13.2 Å². The third kappa shape index (κ3) is 6.97. The Morgan fingerprint density at radius 1 is 0.971 bits per heavy atom. The Kier molecular flexibility index (Phi) is 7.73. The number of carbonyl (C=O) groups excluding carboxylic acids is 1. The van der Waals surface area contributed by atoms with Crippen LogP contribution in [0.2, 0.25) is 0 Å². The van der Waals surface area contributed by atoms with Gasteiger partial charge in [-0.15, -0.1) is 22.7 Å². The van der Waals surface area contributed by atoms with E-state index in [0.29, 0.717) is 19.3 Å². The van der Waals surface area contributed by atoms with Crippen LogP contribution in [0, 0.1) is 0 Å². The van der Waals surface area contributed by atoms with Crippen molar-refractivity contribution in [3.05, 3.63) is 94.3 Å². The Morgan fingerprint density at radius 3 is 2.41 bits per heavy atom. The fourth-order valence-corrected chi connectivity index (χ4v) is 5.57. The molecule has 0 saturated carbocycles. The number of hydrogen-bond donors (Lipinski definition) is 3. The van der Waals surface area contributed by atoms with Crippen molar-refractivity contribution in [1.29, 1.82) is 0 Å². The minimum Gasteiger partial charge on any atom is -0.347 e. The fourth-order valence-electron chi connectivity index (χ4n) is 3.45. The van der Waals surface area contributed by atoms with E-state index >= 15 is 0 Å². The molecule has 3 N–H and O–H groups in total. The van der Waals surface area contributed by atoms with Gasteiger partial charge >= 0.3 is 10.3 Å². The van der Waals surface area contributed by atoms with Crippen LogP contribution in [0.25, 0.3) is 9.88 Å². The second-order valence-electron chi connectivity index (χ2n) is 7.64. The van der Waals surface area contributed by atoms with Crippen molar-refractivity contribution in [3.8, 4) is 9.88 Å². The molecule has 0 saturated heterocycles. The summed E-state index contributed by atoms with van der Waals surface area (Å²) in [5.74, 6) is -0.0656. The van der Waals surface area contributed by atoms with Crippen LogP contribution in [0.5, 0.6) is 0 Å². The molecule has 2 heterocycles. The summed E-state index contributed by atoms with van der Waals surface area (Å²) in [7, 11) is -4.33. The molecule has 0 unspecified atom stereocenters. The van der Waals surface area contributed by atoms with Crippen molar-refractivity contribution in [2.24, 2.45) is 0 Å². The Morgan fingerprint density at radius 2 is 1.74 bits per heavy atom. The molecule has 0 aliphatic carbocycles. The highest BCUT2D eigenvalue weighted by molar-refractivity contribution is 7.87. The smallest absolute Gasteiger partial charge is 0.347 e. The second kappa shape index (κ2) is 10.9. The maximum Gasteiger partial charge on any atom is 0.357 e. The lowest BCUT2D eigenvalue weighted by Crippen LogP contribution is -2.30. The highest BCUT2D eigenvalue weighted by atomic mass is 32.2. The molecule has 176 valence electrons. The number of thiazole rings is 1. The molecule has 2 aromatic carbocycles. The number of nitrogens with zero attached hydrogens (tertiary/aromatic N) is 1. The maximum absolute atomic E-state index is 12.8. The zero-order valence-corrected chi connectivity index (χ0v) is 20.5. The number of rotatable bonds is 10. The first-order valence-corrected chi connectivity index (χ1v) is 13.7. The molecule has 0 radical (unpaired) electrons. The van der Waals surface area contributed by atoms with Gasteiger partial charge in [-0.3, -0.25) is 14.1 Å². The minimum atomic E-state index is -4.33. The largest absolute Gasteiger partial charge is 0.357 e. The van der Waals surface area contributed by atoms with Gasteiger partial charge in [-0.1, -0.05) is 48.5 Å². The van der Waals surface area contributed by atoms with Crippen molar-refractivity contribution in [2.45, 2.75) is 25.3 Å². The van der Waals surface area contributed by atoms with E-state index in [-0.39, 0.29) is 17.6 Å². The van der Waals surface area contributed by atoms with Crippen LogP contribution in [-0.4, -0.2) is 23.9 Å². The predicted molar refractivity (Wildman–Crippen MR) is 136 cm³/mol. The van der Waals surface area contributed by atoms with Crippen LogP contribution >= 0.6 is 22.7 Å². The van der Waals surface area contributed by atoms with E-state index in [1.807, 2.05) is 57.9 Å². The summed E-state index contributed by atoms with van der Waals surface area (Å²) in [6, 6.07) is 20.2. The van der Waals surface area contributed by atoms with Gasteiger partial charge in [0.15, 0.2) is 0 Å². The standard InChI is InChI=1S/C24H23N3O4S3/c28-23(13-10-17-5-2-1-3-6-17)25-20(21-16-33-24(26-21)22-7-4-14-32-22)15-18-8-11-19(12-9-18)27-34(29,30)31/h1-9,11-12,14,16,20,27H,10,13,15H2,(H,25,28)(H,29,30,31)/t20-/m0/s1. The van der Waals surface area contributed by atoms with Crippen LogP contribution in [0.15, 0.2) is 77.5 Å². The first kappa shape index (κ1) is 24.1. The molecule has 1 atom stereocenters. The molecule has 2 aromatic heterocycles. The molecule has 10 heteroatoms. The number of benzene rings is 2. The summed E-state index contributed by atoms with van der Waals surface area (Å²) in [6.45, 7) is 0. The van der Waals surface area contributed by atoms with Crippen LogP contribution in [0.3, 0.4) is 0 Å². The molecule has 0 spiro atoms. The summed E-state index contributed by atoms with van der Waals surface area (Å²) in [5.41, 5.74) is 3.02. The number of nitrogens with one attached hydrogen (secondary N) is 2. The molecule has 4 aromatic rings. The van der Waals surface area contributed by atoms with Gasteiger partial charge < -0.3 is 5.32 Å². The van der Waals surface area contributed by atoms with E-state index in [1.54, 1.807) is 35.6 Å². The molecular formula is C24H23N3O4S3. The highest BCUT2D eigenvalue weighted by Gasteiger charge is 2.19. The lowest BCUT2D eigenvalue weighted by molar-refractivity contribution is -0.121. The zero-order valence-electron chi connectivity index (χ0n) is 18.0. The molecule has 7 nitrogen and oxygen atoms in total. The van der Waals surface area contributed by atoms with Gasteiger partial charge in [0, 0.05) is 11.8 Å². The minimum absolute atomic E-state index is 0.0656. The fraction of sp³-hybridized carbons (Fsp3) is 0.167. The lowest BCUT2D eigenvalue weighted by Gasteiger charge is -2.18. The summed E-state index contributed by atoms with van der Waals surface area (Å²) >= 11 is 3.15. The Balaban J connectivity index is 1.49. The zero-order chi connectivity index (χ0) is 24.0. The summed E-state index contributed by atoms with van der Waals surface area (Å²) in [5, 5.41) is 7.99. The van der Waals surface area contributed by atoms with Crippen LogP contribution < -0.4 is 10.0 Å². The normalized spacial score (nSPS) is 12.3. The third-order valence-corrected chi connectivity index (χ3v) is 7.46. The number of hydrogen-bond acceptors (Lipinski definition) is 6. The topological polar surface area (TPSA) is 108 Å². The van der Waals surface area contributed by atoms with Crippen molar-refractivity contribution < 1.29 is 17.8 Å². The van der Waals surface area contributed by atoms with Gasteiger partial charge in [-0.25, -0.2) is 4.98 Å². The van der Waals surface area contributed by atoms with E-state index in [4.69, 9.17) is 9.54 Å². The van der Waals surface area contributed by atoms with Crippen LogP contribution in [0.4, 0.5) is 5.69 Å². The van der Waals surface area contributed by atoms with Gasteiger partial charge in [-0.2, -0.15) is 8.42 Å². The molecule has 0 fully saturated rings. The molecular weight excluding hydrogens is 490 g/mol. The van der Waals surface area contributed by atoms with Gasteiger partial charge in [-0.05, 0) is 47.5 Å². The highest BCUT2D eigenvalue weighted by Crippen LogP contribution is 2.31. The Labute approximate surface area is 206 Å². The van der Waals surface area contributed by atoms with Gasteiger partial charge in [0.1, 0.15) is 5.01 Å². The summed E-state index contributed by atoms with van der Waals surface area (Å²) < 4.78 is 33.0. The quantitative estimate of drug-likeness (QED) is 0.255. The molecule has 1 amide bonds. The van der Waals surface area contributed by atoms with E-state index in [2.05, 4.69) is 5.32 Å². The van der Waals surface area contributed by atoms with Crippen molar-refractivity contribution in [2.75, 3.05) is 4.72 Å². The number of aryl methyl sites for hydroxylation is 1. The number of thiophene rings is 1. The van der Waals surface area contributed by atoms with E-state index in [0.717, 1.165) is 26.7 Å². The lowest BCUT2D eigenvalue weighted by atomic mass is 10.0. The Hall–Kier alpha value is -3.05. The first-order chi connectivity index (χ1) is 16.4. The molecule has 34 heavy (non-hydrogen) atoms. The summed E-state index contributed by atoms with van der Waals surface area (Å²) in [6.07, 6.45) is 1.49. The molecule has 4 rings (SSSR count). The number of amides is 1. The molecule has 0 aliphatic heterocycles. The number of aromatic nitrogens is 1. The summed E-state index contributed by atoms with van der Waals surface area (Å²) in [4.78, 5) is 18.6. The maximum atomic E-state index is 12.8. The predicted octanol–water partition coefficient (Wildman–Crippen LogP) is 5.12. The average molecular weight is 514 g/mol. The van der Waals surface area contributed by atoms with Crippen molar-refractivity contribution >= 4 is 44.6 Å². The SMILES string of the molecule is O=C(CCc1ccccc1)N[C@@H](Cc1ccc(NS(=O)(=O)O)cc1)c1csc(-c2cccs2)n1. The van der Waals surface area contributed by atoms with Crippen molar-refractivity contribution in [3.63, 3.8) is 0 Å². The van der Waals surface area contributed by atoms with Crippen LogP contribution in [-0.2, 0) is 27.9 Å². The second-order valence-corrected chi connectivity index (χ2v) is 10.6. The molecule has 0 aliphatic rings. The van der Waals surface area contributed by atoms with E-state index in [1.165, 1.54) is 11.3 Å². The monoisotopic (exact) mass is 513 g/mol. The Bertz CT molecular complexity index is 1320. The first-order valence-electron chi connectivity index (χ1n) is 10.5. The average Bonchev–Trinajstić information content (AvgIpc) is 3.50. The van der Waals surface area contributed by atoms with Gasteiger partial charge in [0.2, 0.25) is 5.91 Å². The van der Waals surface area contributed by atoms with Crippen molar-refractivity contribution in [1.82, 2.24) is 10.3 Å². The van der Waals surface area contributed by atoms with Crippen LogP contribution in [0.1, 0.15) is 29.3 Å². The molecule has 0 bridgehead atoms. The van der Waals surface area contributed by atoms with E-state index < -0.39 is 10.3 Å².